The van der Waals surface area contributed by atoms with Crippen LogP contribution >= 0.6 is 0 Å². The smallest absolute Gasteiger partial charge is 0.307 e. The molecule has 118 valence electrons. The van der Waals surface area contributed by atoms with Gasteiger partial charge < -0.3 is 20.5 Å². The first-order valence-corrected chi connectivity index (χ1v) is 7.36. The zero-order valence-electron chi connectivity index (χ0n) is 12.2. The second kappa shape index (κ2) is 6.43. The molecular formula is C14H22N2O5. The number of carboxylic acids is 1. The maximum absolute atomic E-state index is 12.7. The Kier molecular flexibility index (Phi) is 4.82. The van der Waals surface area contributed by atoms with E-state index in [-0.39, 0.29) is 25.0 Å². The van der Waals surface area contributed by atoms with Crippen LogP contribution in [0.4, 0.5) is 0 Å². The van der Waals surface area contributed by atoms with E-state index in [1.807, 2.05) is 6.92 Å². The Bertz CT molecular complexity index is 439. The van der Waals surface area contributed by atoms with Crippen molar-refractivity contribution in [2.45, 2.75) is 32.2 Å². The fourth-order valence-electron chi connectivity index (χ4n) is 3.34. The summed E-state index contributed by atoms with van der Waals surface area (Å²) < 4.78 is 5.19. The van der Waals surface area contributed by atoms with Crippen LogP contribution < -0.4 is 5.73 Å². The molecule has 1 saturated carbocycles. The molecule has 2 rings (SSSR count). The number of morpholine rings is 1. The fraction of sp³-hybridized carbons (Fsp3) is 0.786. The zero-order chi connectivity index (χ0) is 15.6. The van der Waals surface area contributed by atoms with Crippen molar-refractivity contribution in [2.75, 3.05) is 19.8 Å². The molecule has 3 N–H and O–H groups in total. The van der Waals surface area contributed by atoms with Gasteiger partial charge in [-0.05, 0) is 18.8 Å². The summed E-state index contributed by atoms with van der Waals surface area (Å²) in [6, 6.07) is -0.790. The summed E-state index contributed by atoms with van der Waals surface area (Å²) in [5.74, 6) is -2.81. The maximum atomic E-state index is 12.7. The number of carboxylic acid groups (broad SMARTS) is 1. The van der Waals surface area contributed by atoms with Gasteiger partial charge in [0.1, 0.15) is 6.04 Å². The van der Waals surface area contributed by atoms with E-state index < -0.39 is 29.8 Å². The number of carbonyl (C=O) groups excluding carboxylic acids is 2. The molecule has 2 amide bonds. The van der Waals surface area contributed by atoms with Crippen molar-refractivity contribution in [3.8, 4) is 0 Å². The summed E-state index contributed by atoms with van der Waals surface area (Å²) in [5.41, 5.74) is 5.31. The Labute approximate surface area is 123 Å². The van der Waals surface area contributed by atoms with Gasteiger partial charge >= 0.3 is 5.97 Å². The second-order valence-electron chi connectivity index (χ2n) is 5.82. The van der Waals surface area contributed by atoms with E-state index in [0.29, 0.717) is 19.4 Å². The van der Waals surface area contributed by atoms with Crippen molar-refractivity contribution in [3.05, 3.63) is 0 Å². The lowest BCUT2D eigenvalue weighted by atomic mass is 9.94. The first-order valence-electron chi connectivity index (χ1n) is 7.36. The predicted molar refractivity (Wildman–Crippen MR) is 73.1 cm³/mol. The van der Waals surface area contributed by atoms with Crippen LogP contribution in [0.25, 0.3) is 0 Å². The van der Waals surface area contributed by atoms with E-state index in [1.165, 1.54) is 4.90 Å². The number of carbonyl (C=O) groups is 3. The average Bonchev–Trinajstić information content (AvgIpc) is 2.91. The lowest BCUT2D eigenvalue weighted by Gasteiger charge is -2.35. The Morgan fingerprint density at radius 2 is 1.95 bits per heavy atom. The van der Waals surface area contributed by atoms with E-state index in [1.54, 1.807) is 0 Å². The molecule has 0 aromatic rings. The topological polar surface area (TPSA) is 110 Å². The highest BCUT2D eigenvalue weighted by Gasteiger charge is 2.45. The van der Waals surface area contributed by atoms with Gasteiger partial charge in [-0.3, -0.25) is 14.4 Å². The first kappa shape index (κ1) is 15.8. The van der Waals surface area contributed by atoms with Gasteiger partial charge in [0, 0.05) is 6.54 Å². The standard InChI is InChI=1S/C14H22N2O5/c1-2-8-5-9(10(6-8)14(19)20)13(18)16-3-4-21-7-11(16)12(15)17/h8-11H,2-7H2,1H3,(H2,15,17)(H,19,20)/t8?,9-,10+,11?/m0/s1. The van der Waals surface area contributed by atoms with Crippen LogP contribution in [-0.2, 0) is 19.1 Å². The van der Waals surface area contributed by atoms with Crippen molar-refractivity contribution >= 4 is 17.8 Å². The third-order valence-corrected chi connectivity index (χ3v) is 4.61. The number of rotatable bonds is 4. The number of ether oxygens (including phenoxy) is 1. The Morgan fingerprint density at radius 3 is 2.52 bits per heavy atom. The predicted octanol–water partition coefficient (Wildman–Crippen LogP) is -0.164. The number of nitrogens with two attached hydrogens (primary N) is 1. The highest BCUT2D eigenvalue weighted by atomic mass is 16.5. The molecule has 1 heterocycles. The summed E-state index contributed by atoms with van der Waals surface area (Å²) >= 11 is 0. The number of aliphatic carboxylic acids is 1. The van der Waals surface area contributed by atoms with Crippen LogP contribution in [0.1, 0.15) is 26.2 Å². The molecule has 7 heteroatoms. The van der Waals surface area contributed by atoms with Crippen LogP contribution in [0, 0.1) is 17.8 Å². The molecule has 0 bridgehead atoms. The van der Waals surface area contributed by atoms with E-state index >= 15 is 0 Å². The van der Waals surface area contributed by atoms with Gasteiger partial charge in [-0.2, -0.15) is 0 Å². The molecule has 21 heavy (non-hydrogen) atoms. The number of nitrogens with zero attached hydrogens (tertiary/aromatic N) is 1. The van der Waals surface area contributed by atoms with Crippen molar-refractivity contribution in [1.82, 2.24) is 4.90 Å². The minimum Gasteiger partial charge on any atom is -0.481 e. The molecule has 7 nitrogen and oxygen atoms in total. The molecule has 0 aromatic carbocycles. The van der Waals surface area contributed by atoms with Crippen LogP contribution in [0.2, 0.25) is 0 Å². The fourth-order valence-corrected chi connectivity index (χ4v) is 3.34. The second-order valence-corrected chi connectivity index (χ2v) is 5.82. The minimum absolute atomic E-state index is 0.0860. The Balaban J connectivity index is 2.16. The van der Waals surface area contributed by atoms with Crippen molar-refractivity contribution in [1.29, 1.82) is 0 Å². The molecule has 0 aromatic heterocycles. The highest BCUT2D eigenvalue weighted by molar-refractivity contribution is 5.90. The summed E-state index contributed by atoms with van der Waals surface area (Å²) in [6.07, 6.45) is 1.94. The summed E-state index contributed by atoms with van der Waals surface area (Å²) in [6.45, 7) is 2.71. The third-order valence-electron chi connectivity index (χ3n) is 4.61. The number of primary amides is 1. The highest BCUT2D eigenvalue weighted by Crippen LogP contribution is 2.39. The number of amides is 2. The maximum Gasteiger partial charge on any atom is 0.307 e. The molecular weight excluding hydrogens is 276 g/mol. The molecule has 2 aliphatic rings. The van der Waals surface area contributed by atoms with Gasteiger partial charge in [0.15, 0.2) is 0 Å². The van der Waals surface area contributed by atoms with Crippen LogP contribution in [-0.4, -0.2) is 53.6 Å². The molecule has 2 fully saturated rings. The Morgan fingerprint density at radius 1 is 1.29 bits per heavy atom. The zero-order valence-corrected chi connectivity index (χ0v) is 12.2. The molecule has 4 atom stereocenters. The summed E-state index contributed by atoms with van der Waals surface area (Å²) in [7, 11) is 0. The molecule has 1 aliphatic carbocycles. The van der Waals surface area contributed by atoms with E-state index in [4.69, 9.17) is 10.5 Å². The van der Waals surface area contributed by atoms with E-state index in [2.05, 4.69) is 0 Å². The van der Waals surface area contributed by atoms with Crippen molar-refractivity contribution in [2.24, 2.45) is 23.5 Å². The van der Waals surface area contributed by atoms with Gasteiger partial charge in [0.25, 0.3) is 0 Å². The largest absolute Gasteiger partial charge is 0.481 e. The quantitative estimate of drug-likeness (QED) is 0.749. The van der Waals surface area contributed by atoms with Gasteiger partial charge in [0.2, 0.25) is 11.8 Å². The minimum atomic E-state index is -0.937. The van der Waals surface area contributed by atoms with Crippen molar-refractivity contribution in [3.63, 3.8) is 0 Å². The van der Waals surface area contributed by atoms with Gasteiger partial charge in [-0.1, -0.05) is 13.3 Å². The first-order chi connectivity index (χ1) is 9.95. The van der Waals surface area contributed by atoms with Gasteiger partial charge in [-0.15, -0.1) is 0 Å². The van der Waals surface area contributed by atoms with Crippen molar-refractivity contribution < 1.29 is 24.2 Å². The van der Waals surface area contributed by atoms with Gasteiger partial charge in [-0.25, -0.2) is 0 Å². The van der Waals surface area contributed by atoms with E-state index in [9.17, 15) is 19.5 Å². The molecule has 1 saturated heterocycles. The van der Waals surface area contributed by atoms with Crippen LogP contribution in [0.3, 0.4) is 0 Å². The third kappa shape index (κ3) is 3.18. The molecule has 0 spiro atoms. The normalized spacial score (nSPS) is 32.9. The molecule has 1 aliphatic heterocycles. The monoisotopic (exact) mass is 298 g/mol. The molecule has 2 unspecified atom stereocenters. The summed E-state index contributed by atoms with van der Waals surface area (Å²) in [4.78, 5) is 36.9. The lowest BCUT2D eigenvalue weighted by molar-refractivity contribution is -0.155. The van der Waals surface area contributed by atoms with Crippen LogP contribution in [0.5, 0.6) is 0 Å². The SMILES string of the molecule is CCC1C[C@H](C(=O)N2CCOCC2C(N)=O)[C@H](C(=O)O)C1. The Hall–Kier alpha value is -1.63. The number of hydrogen-bond acceptors (Lipinski definition) is 4. The molecule has 0 radical (unpaired) electrons. The lowest BCUT2D eigenvalue weighted by Crippen LogP contribution is -2.56. The number of hydrogen-bond donors (Lipinski definition) is 2. The van der Waals surface area contributed by atoms with E-state index in [0.717, 1.165) is 6.42 Å². The summed E-state index contributed by atoms with van der Waals surface area (Å²) in [5, 5.41) is 9.33. The van der Waals surface area contributed by atoms with Gasteiger partial charge in [0.05, 0.1) is 25.0 Å². The van der Waals surface area contributed by atoms with Crippen LogP contribution in [0.15, 0.2) is 0 Å². The average molecular weight is 298 g/mol.